The highest BCUT2D eigenvalue weighted by Crippen LogP contribution is 2.28. The van der Waals surface area contributed by atoms with Crippen LogP contribution in [0.1, 0.15) is 5.69 Å². The van der Waals surface area contributed by atoms with Crippen molar-refractivity contribution in [2.45, 2.75) is 0 Å². The summed E-state index contributed by atoms with van der Waals surface area (Å²) in [6.45, 7) is 0. The second kappa shape index (κ2) is 5.10. The molecule has 1 heterocycles. The lowest BCUT2D eigenvalue weighted by atomic mass is 10.3. The van der Waals surface area contributed by atoms with Crippen molar-refractivity contribution in [1.82, 2.24) is 4.98 Å². The Morgan fingerprint density at radius 2 is 2.16 bits per heavy atom. The average molecular weight is 259 g/mol. The molecule has 0 aliphatic rings. The highest BCUT2D eigenvalue weighted by Gasteiger charge is 2.13. The SMILES string of the molecule is N#Cc1ncccc1Oc1ccc([N+](=O)[O-])cc1F. The number of nitrogens with zero attached hydrogens (tertiary/aromatic N) is 3. The Morgan fingerprint density at radius 1 is 1.37 bits per heavy atom. The third kappa shape index (κ3) is 2.63. The summed E-state index contributed by atoms with van der Waals surface area (Å²) in [5.74, 6) is -1.02. The highest BCUT2D eigenvalue weighted by atomic mass is 19.1. The van der Waals surface area contributed by atoms with E-state index in [4.69, 9.17) is 10.00 Å². The van der Waals surface area contributed by atoms with Crippen molar-refractivity contribution in [1.29, 1.82) is 5.26 Å². The summed E-state index contributed by atoms with van der Waals surface area (Å²) >= 11 is 0. The van der Waals surface area contributed by atoms with Gasteiger partial charge in [-0.25, -0.2) is 9.37 Å². The standard InChI is InChI=1S/C12H6FN3O3/c13-9-6-8(16(17)18)3-4-11(9)19-12-2-1-5-15-10(12)7-14/h1-6H. The molecule has 1 aromatic heterocycles. The van der Waals surface area contributed by atoms with Crippen molar-refractivity contribution in [2.24, 2.45) is 0 Å². The quantitative estimate of drug-likeness (QED) is 0.624. The van der Waals surface area contributed by atoms with Crippen molar-refractivity contribution in [3.63, 3.8) is 0 Å². The molecule has 0 aliphatic heterocycles. The average Bonchev–Trinajstić information content (AvgIpc) is 2.41. The van der Waals surface area contributed by atoms with Gasteiger partial charge in [-0.3, -0.25) is 10.1 Å². The Kier molecular flexibility index (Phi) is 3.34. The van der Waals surface area contributed by atoms with Gasteiger partial charge in [0.1, 0.15) is 6.07 Å². The second-order valence-corrected chi connectivity index (χ2v) is 3.44. The topological polar surface area (TPSA) is 89.0 Å². The molecule has 7 heteroatoms. The summed E-state index contributed by atoms with van der Waals surface area (Å²) < 4.78 is 18.8. The van der Waals surface area contributed by atoms with Crippen molar-refractivity contribution in [3.8, 4) is 17.6 Å². The van der Waals surface area contributed by atoms with Crippen LogP contribution in [0.3, 0.4) is 0 Å². The van der Waals surface area contributed by atoms with Crippen LogP contribution in [0.25, 0.3) is 0 Å². The number of nitro groups is 1. The van der Waals surface area contributed by atoms with E-state index in [9.17, 15) is 14.5 Å². The monoisotopic (exact) mass is 259 g/mol. The van der Waals surface area contributed by atoms with E-state index in [2.05, 4.69) is 4.98 Å². The molecule has 2 aromatic rings. The lowest BCUT2D eigenvalue weighted by Gasteiger charge is -2.07. The Balaban J connectivity index is 2.34. The largest absolute Gasteiger partial charge is 0.451 e. The molecule has 94 valence electrons. The van der Waals surface area contributed by atoms with Crippen LogP contribution < -0.4 is 4.74 Å². The van der Waals surface area contributed by atoms with Crippen LogP contribution in [0.5, 0.6) is 11.5 Å². The number of halogens is 1. The number of hydrogen-bond acceptors (Lipinski definition) is 5. The number of benzene rings is 1. The van der Waals surface area contributed by atoms with Crippen molar-refractivity contribution in [2.75, 3.05) is 0 Å². The summed E-state index contributed by atoms with van der Waals surface area (Å²) in [4.78, 5) is 13.5. The Bertz CT molecular complexity index is 682. The molecule has 2 rings (SSSR count). The molecule has 0 aliphatic carbocycles. The fourth-order valence-corrected chi connectivity index (χ4v) is 1.36. The van der Waals surface area contributed by atoms with Gasteiger partial charge >= 0.3 is 0 Å². The van der Waals surface area contributed by atoms with Gasteiger partial charge in [-0.2, -0.15) is 5.26 Å². The molecular formula is C12H6FN3O3. The fourth-order valence-electron chi connectivity index (χ4n) is 1.36. The third-order valence-electron chi connectivity index (χ3n) is 2.22. The summed E-state index contributed by atoms with van der Waals surface area (Å²) in [6, 6.07) is 7.76. The zero-order chi connectivity index (χ0) is 13.8. The van der Waals surface area contributed by atoms with E-state index >= 15 is 0 Å². The maximum absolute atomic E-state index is 13.6. The molecule has 1 aromatic carbocycles. The summed E-state index contributed by atoms with van der Waals surface area (Å²) in [6.07, 6.45) is 1.40. The number of non-ortho nitro benzene ring substituents is 1. The smallest absolute Gasteiger partial charge is 0.272 e. The Labute approximate surface area is 106 Å². The molecule has 0 spiro atoms. The van der Waals surface area contributed by atoms with Crippen LogP contribution in [-0.2, 0) is 0 Å². The number of pyridine rings is 1. The molecule has 0 amide bonds. The van der Waals surface area contributed by atoms with Crippen LogP contribution in [0.4, 0.5) is 10.1 Å². The molecule has 6 nitrogen and oxygen atoms in total. The minimum absolute atomic E-state index is 0.000234. The van der Waals surface area contributed by atoms with Gasteiger partial charge in [-0.1, -0.05) is 0 Å². The maximum atomic E-state index is 13.6. The number of rotatable bonds is 3. The first kappa shape index (κ1) is 12.4. The van der Waals surface area contributed by atoms with Gasteiger partial charge in [0.2, 0.25) is 0 Å². The van der Waals surface area contributed by atoms with Crippen LogP contribution in [0, 0.1) is 27.3 Å². The zero-order valence-electron chi connectivity index (χ0n) is 9.41. The first-order valence-corrected chi connectivity index (χ1v) is 5.08. The van der Waals surface area contributed by atoms with Crippen molar-refractivity contribution < 1.29 is 14.1 Å². The molecule has 0 saturated heterocycles. The number of hydrogen-bond donors (Lipinski definition) is 0. The summed E-state index contributed by atoms with van der Waals surface area (Å²) in [5, 5.41) is 19.3. The van der Waals surface area contributed by atoms with Gasteiger partial charge in [0, 0.05) is 12.3 Å². The van der Waals surface area contributed by atoms with E-state index in [1.807, 2.05) is 0 Å². The molecule has 0 unspecified atom stereocenters. The lowest BCUT2D eigenvalue weighted by molar-refractivity contribution is -0.385. The molecule has 19 heavy (non-hydrogen) atoms. The third-order valence-corrected chi connectivity index (χ3v) is 2.22. The minimum Gasteiger partial charge on any atom is -0.451 e. The van der Waals surface area contributed by atoms with Crippen LogP contribution >= 0.6 is 0 Å². The van der Waals surface area contributed by atoms with Gasteiger partial charge in [0.15, 0.2) is 23.0 Å². The van der Waals surface area contributed by atoms with Crippen molar-refractivity contribution >= 4 is 5.69 Å². The lowest BCUT2D eigenvalue weighted by Crippen LogP contribution is -1.94. The van der Waals surface area contributed by atoms with E-state index in [1.165, 1.54) is 18.3 Å². The highest BCUT2D eigenvalue weighted by molar-refractivity contribution is 5.43. The number of nitro benzene ring substituents is 1. The molecule has 0 fully saturated rings. The predicted molar refractivity (Wildman–Crippen MR) is 62.1 cm³/mol. The zero-order valence-corrected chi connectivity index (χ0v) is 9.41. The normalized spacial score (nSPS) is 9.68. The second-order valence-electron chi connectivity index (χ2n) is 3.44. The van der Waals surface area contributed by atoms with Gasteiger partial charge in [-0.05, 0) is 18.2 Å². The van der Waals surface area contributed by atoms with Crippen molar-refractivity contribution in [3.05, 3.63) is 58.2 Å². The van der Waals surface area contributed by atoms with Gasteiger partial charge < -0.3 is 4.74 Å². The predicted octanol–water partition coefficient (Wildman–Crippen LogP) is 2.79. The number of nitriles is 1. The van der Waals surface area contributed by atoms with Gasteiger partial charge in [0.05, 0.1) is 11.0 Å². The van der Waals surface area contributed by atoms with E-state index < -0.39 is 10.7 Å². The van der Waals surface area contributed by atoms with E-state index in [1.54, 1.807) is 6.07 Å². The molecule has 0 radical (unpaired) electrons. The number of ether oxygens (including phenoxy) is 1. The Hall–Kier alpha value is -3.01. The minimum atomic E-state index is -0.887. The van der Waals surface area contributed by atoms with E-state index in [0.717, 1.165) is 18.2 Å². The molecule has 0 saturated carbocycles. The van der Waals surface area contributed by atoms with Gasteiger partial charge in [-0.15, -0.1) is 0 Å². The first-order valence-electron chi connectivity index (χ1n) is 5.08. The van der Waals surface area contributed by atoms with Crippen LogP contribution in [0.15, 0.2) is 36.5 Å². The molecular weight excluding hydrogens is 253 g/mol. The fraction of sp³-hybridized carbons (Fsp3) is 0. The van der Waals surface area contributed by atoms with E-state index in [-0.39, 0.29) is 22.9 Å². The molecule has 0 bridgehead atoms. The van der Waals surface area contributed by atoms with Gasteiger partial charge in [0.25, 0.3) is 5.69 Å². The number of aromatic nitrogens is 1. The van der Waals surface area contributed by atoms with Crippen LogP contribution in [0.2, 0.25) is 0 Å². The van der Waals surface area contributed by atoms with Crippen LogP contribution in [-0.4, -0.2) is 9.91 Å². The molecule has 0 N–H and O–H groups in total. The Morgan fingerprint density at radius 3 is 2.79 bits per heavy atom. The molecule has 0 atom stereocenters. The maximum Gasteiger partial charge on any atom is 0.272 e. The van der Waals surface area contributed by atoms with E-state index in [0.29, 0.717) is 0 Å². The first-order chi connectivity index (χ1) is 9.11. The summed E-state index contributed by atoms with van der Waals surface area (Å²) in [7, 11) is 0. The summed E-state index contributed by atoms with van der Waals surface area (Å²) in [5.41, 5.74) is -0.378.